The summed E-state index contributed by atoms with van der Waals surface area (Å²) in [5, 5.41) is 48.9. The number of amides is 2. The standard InChI is InChI=1S/C45H66N16O9.ClH/c1-4-21-68-23-25-70-26-24-69-22-12-48-43-49-44(51-45(50-43)59-19-15-57(16-20-59)42(67)40(31(3)5-2)61-29-37(53-55-61)35(47)30-62)58-17-13-56(14-18-58)41(66)38(10-11-39(64)65)60-28-36(52-54-60)34(46)27-32-6-8-33(63)9-7-32;/h1,6-9,28-29,31,34-35,38,40,62-63H,5,10-27,30,46-47H2,2-3H3,(H,64,65)(H,48,49,50,51);1H/p-1/t31-,34?,35?,38-,40?;/m0./s1. The number of aliphatic carboxylic acids is 1. The second-order valence-electron chi connectivity index (χ2n) is 17.1. The summed E-state index contributed by atoms with van der Waals surface area (Å²) in [4.78, 5) is 61.9. The fourth-order valence-corrected chi connectivity index (χ4v) is 7.94. The maximum atomic E-state index is 14.2. The van der Waals surface area contributed by atoms with Gasteiger partial charge >= 0.3 is 5.97 Å². The molecular weight excluding hydrogens is 944 g/mol. The molecule has 0 bridgehead atoms. The molecule has 4 aromatic rings. The number of terminal acetylenes is 1. The number of piperazine rings is 2. The zero-order valence-electron chi connectivity index (χ0n) is 40.2. The number of aliphatic hydroxyl groups excluding tert-OH is 1. The molecule has 71 heavy (non-hydrogen) atoms. The van der Waals surface area contributed by atoms with Crippen molar-refractivity contribution in [2.75, 3.05) is 120 Å². The van der Waals surface area contributed by atoms with Crippen LogP contribution in [0.3, 0.4) is 0 Å². The lowest BCUT2D eigenvalue weighted by Crippen LogP contribution is -3.00. The summed E-state index contributed by atoms with van der Waals surface area (Å²) in [6.45, 7) is 9.16. The first-order valence-electron chi connectivity index (χ1n) is 23.6. The van der Waals surface area contributed by atoms with Crippen molar-refractivity contribution in [3.63, 3.8) is 0 Å². The number of anilines is 3. The average Bonchev–Trinajstić information content (AvgIpc) is 4.07. The minimum atomic E-state index is -1.05. The van der Waals surface area contributed by atoms with Crippen molar-refractivity contribution in [2.45, 2.75) is 63.7 Å². The summed E-state index contributed by atoms with van der Waals surface area (Å²) >= 11 is 0. The summed E-state index contributed by atoms with van der Waals surface area (Å²) in [5.74, 6) is 2.17. The van der Waals surface area contributed by atoms with E-state index in [4.69, 9.17) is 47.1 Å². The molecule has 2 saturated heterocycles. The van der Waals surface area contributed by atoms with Gasteiger partial charge in [0.2, 0.25) is 29.7 Å². The van der Waals surface area contributed by atoms with Crippen LogP contribution < -0.4 is 39.0 Å². The number of aromatic nitrogens is 9. The SMILES string of the molecule is C#CCOCCOCCOCCNc1nc(N2CCN(C(=O)C([C@@H](C)CC)n3cc(C(N)CO)nn3)CC2)nc(N2CCN(C(=O)[C@H](CCC(=O)O)n3cc(C(N)Cc4ccc(O)cc4)nn3)CC2)n1.[Cl-]. The Morgan fingerprint density at radius 1 is 0.789 bits per heavy atom. The van der Waals surface area contributed by atoms with E-state index in [1.807, 2.05) is 23.6 Å². The smallest absolute Gasteiger partial charge is 0.303 e. The number of benzene rings is 1. The molecule has 25 nitrogen and oxygen atoms in total. The van der Waals surface area contributed by atoms with Crippen molar-refractivity contribution in [1.82, 2.24) is 54.7 Å². The Morgan fingerprint density at radius 3 is 1.92 bits per heavy atom. The average molecular weight is 1010 g/mol. The lowest BCUT2D eigenvalue weighted by molar-refractivity contribution is -0.139. The topological polar surface area (TPSA) is 317 Å². The Labute approximate surface area is 418 Å². The number of ether oxygens (including phenoxy) is 3. The van der Waals surface area contributed by atoms with Crippen LogP contribution in [0.25, 0.3) is 0 Å². The lowest BCUT2D eigenvalue weighted by Gasteiger charge is -2.38. The van der Waals surface area contributed by atoms with Crippen molar-refractivity contribution >= 4 is 35.6 Å². The molecule has 0 radical (unpaired) electrons. The number of hydrogen-bond acceptors (Lipinski definition) is 20. The summed E-state index contributed by atoms with van der Waals surface area (Å²) in [5.41, 5.74) is 14.2. The van der Waals surface area contributed by atoms with Crippen LogP contribution in [0.1, 0.15) is 74.2 Å². The molecule has 388 valence electrons. The molecule has 6 rings (SSSR count). The fraction of sp³-hybridized carbons (Fsp3) is 0.600. The Bertz CT molecular complexity index is 2320. The Hall–Kier alpha value is -6.27. The van der Waals surface area contributed by atoms with E-state index in [0.717, 1.165) is 12.0 Å². The van der Waals surface area contributed by atoms with Crippen molar-refractivity contribution in [3.8, 4) is 18.1 Å². The number of nitrogens with one attached hydrogen (secondary N) is 1. The number of carbonyl (C=O) groups is 3. The third-order valence-electron chi connectivity index (χ3n) is 12.2. The molecule has 5 atom stereocenters. The van der Waals surface area contributed by atoms with E-state index < -0.39 is 30.1 Å². The van der Waals surface area contributed by atoms with Crippen molar-refractivity contribution in [3.05, 3.63) is 53.6 Å². The zero-order chi connectivity index (χ0) is 50.0. The van der Waals surface area contributed by atoms with Crippen LogP contribution >= 0.6 is 0 Å². The quantitative estimate of drug-likeness (QED) is 0.0253. The lowest BCUT2D eigenvalue weighted by atomic mass is 9.97. The number of rotatable bonds is 27. The van der Waals surface area contributed by atoms with Gasteiger partial charge in [-0.05, 0) is 36.5 Å². The summed E-state index contributed by atoms with van der Waals surface area (Å²) in [6, 6.07) is 3.85. The molecular formula is C45H66ClN16O9-. The largest absolute Gasteiger partial charge is 1.00 e. The number of phenolic OH excluding ortho intramolecular Hbond substituents is 1. The van der Waals surface area contributed by atoms with Gasteiger partial charge in [-0.15, -0.1) is 16.6 Å². The second-order valence-corrected chi connectivity index (χ2v) is 17.1. The zero-order valence-corrected chi connectivity index (χ0v) is 41.0. The van der Waals surface area contributed by atoms with Crippen LogP contribution in [0.5, 0.6) is 5.75 Å². The van der Waals surface area contributed by atoms with Gasteiger partial charge < -0.3 is 78.3 Å². The molecule has 0 saturated carbocycles. The number of carbonyl (C=O) groups excluding carboxylic acids is 2. The molecule has 3 unspecified atom stereocenters. The number of nitrogens with zero attached hydrogens (tertiary/aromatic N) is 13. The van der Waals surface area contributed by atoms with Gasteiger partial charge in [-0.2, -0.15) is 15.0 Å². The van der Waals surface area contributed by atoms with Crippen LogP contribution in [0, 0.1) is 18.3 Å². The minimum absolute atomic E-state index is 0. The molecule has 2 amide bonds. The van der Waals surface area contributed by atoms with E-state index in [1.54, 1.807) is 51.1 Å². The predicted molar refractivity (Wildman–Crippen MR) is 254 cm³/mol. The van der Waals surface area contributed by atoms with E-state index >= 15 is 0 Å². The number of halogens is 1. The number of aromatic hydroxyl groups is 1. The second kappa shape index (κ2) is 27.9. The third kappa shape index (κ3) is 15.9. The van der Waals surface area contributed by atoms with Crippen LogP contribution in [-0.4, -0.2) is 193 Å². The van der Waals surface area contributed by atoms with E-state index in [0.29, 0.717) is 115 Å². The highest BCUT2D eigenvalue weighted by Gasteiger charge is 2.35. The highest BCUT2D eigenvalue weighted by Crippen LogP contribution is 2.27. The van der Waals surface area contributed by atoms with Gasteiger partial charge in [0.15, 0.2) is 0 Å². The van der Waals surface area contributed by atoms with E-state index in [1.165, 1.54) is 4.68 Å². The van der Waals surface area contributed by atoms with Gasteiger partial charge in [0.25, 0.3) is 0 Å². The van der Waals surface area contributed by atoms with E-state index in [9.17, 15) is 29.7 Å². The van der Waals surface area contributed by atoms with Crippen LogP contribution in [0.15, 0.2) is 36.7 Å². The number of aliphatic hydroxyl groups is 1. The predicted octanol–water partition coefficient (Wildman–Crippen LogP) is -3.22. The normalized spacial score (nSPS) is 16.1. The summed E-state index contributed by atoms with van der Waals surface area (Å²) in [6.07, 6.45) is 9.27. The van der Waals surface area contributed by atoms with Gasteiger partial charge in [0.1, 0.15) is 30.1 Å². The maximum absolute atomic E-state index is 14.2. The molecule has 5 heterocycles. The van der Waals surface area contributed by atoms with Gasteiger partial charge in [-0.3, -0.25) is 14.4 Å². The highest BCUT2D eigenvalue weighted by molar-refractivity contribution is 5.82. The van der Waals surface area contributed by atoms with Crippen LogP contribution in [-0.2, 0) is 35.0 Å². The van der Waals surface area contributed by atoms with Gasteiger partial charge in [0, 0.05) is 65.3 Å². The molecule has 8 N–H and O–H groups in total. The molecule has 2 aliphatic heterocycles. The molecule has 1 aromatic carbocycles. The molecule has 0 aliphatic carbocycles. The number of carboxylic acid groups (broad SMARTS) is 1. The van der Waals surface area contributed by atoms with Crippen molar-refractivity contribution < 1.29 is 56.3 Å². The molecule has 3 aromatic heterocycles. The number of nitrogens with two attached hydrogens (primary N) is 2. The van der Waals surface area contributed by atoms with E-state index in [2.05, 4.69) is 31.9 Å². The fourth-order valence-electron chi connectivity index (χ4n) is 7.94. The first kappa shape index (κ1) is 55.7. The van der Waals surface area contributed by atoms with Gasteiger partial charge in [-0.1, -0.05) is 48.7 Å². The molecule has 2 fully saturated rings. The van der Waals surface area contributed by atoms with Gasteiger partial charge in [0.05, 0.1) is 69.8 Å². The molecule has 2 aliphatic rings. The Morgan fingerprint density at radius 2 is 1.34 bits per heavy atom. The first-order chi connectivity index (χ1) is 33.9. The van der Waals surface area contributed by atoms with Crippen molar-refractivity contribution in [1.29, 1.82) is 0 Å². The van der Waals surface area contributed by atoms with Gasteiger partial charge in [-0.25, -0.2) is 9.36 Å². The van der Waals surface area contributed by atoms with Crippen molar-refractivity contribution in [2.24, 2.45) is 17.4 Å². The highest BCUT2D eigenvalue weighted by atomic mass is 35.5. The monoisotopic (exact) mass is 1010 g/mol. The number of hydrogen-bond donors (Lipinski definition) is 6. The minimum Gasteiger partial charge on any atom is -1.00 e. The molecule has 0 spiro atoms. The molecule has 26 heteroatoms. The summed E-state index contributed by atoms with van der Waals surface area (Å²) < 4.78 is 19.4. The van der Waals surface area contributed by atoms with E-state index in [-0.39, 0.29) is 75.0 Å². The Kier molecular flexibility index (Phi) is 21.9. The third-order valence-corrected chi connectivity index (χ3v) is 12.2. The van der Waals surface area contributed by atoms with Crippen LogP contribution in [0.4, 0.5) is 17.8 Å². The number of carboxylic acids is 1. The maximum Gasteiger partial charge on any atom is 0.303 e. The summed E-state index contributed by atoms with van der Waals surface area (Å²) in [7, 11) is 0. The Balaban J connectivity index is 0.00000937. The first-order valence-corrected chi connectivity index (χ1v) is 23.6. The number of phenols is 1. The van der Waals surface area contributed by atoms with Crippen LogP contribution in [0.2, 0.25) is 0 Å².